The van der Waals surface area contributed by atoms with E-state index in [4.69, 9.17) is 21.1 Å². The Morgan fingerprint density at radius 2 is 1.82 bits per heavy atom. The van der Waals surface area contributed by atoms with Crippen LogP contribution < -0.4 is 15.4 Å². The Morgan fingerprint density at radius 3 is 2.44 bits per heavy atom. The molecular weight excluding hydrogens is 463 g/mol. The highest BCUT2D eigenvalue weighted by Gasteiger charge is 2.47. The number of nitrogens with one attached hydrogen (secondary N) is 2. The van der Waals surface area contributed by atoms with Gasteiger partial charge in [-0.2, -0.15) is 0 Å². The lowest BCUT2D eigenvalue weighted by atomic mass is 9.85. The molecule has 0 saturated carbocycles. The largest absolute Gasteiger partial charge is 0.484 e. The maximum absolute atomic E-state index is 13.6. The Labute approximate surface area is 203 Å². The summed E-state index contributed by atoms with van der Waals surface area (Å²) in [7, 11) is 0. The van der Waals surface area contributed by atoms with Crippen molar-refractivity contribution >= 4 is 29.3 Å². The van der Waals surface area contributed by atoms with E-state index in [9.17, 15) is 18.8 Å². The Bertz CT molecular complexity index is 1120. The molecule has 1 aliphatic heterocycles. The van der Waals surface area contributed by atoms with Gasteiger partial charge in [0.25, 0.3) is 5.91 Å². The summed E-state index contributed by atoms with van der Waals surface area (Å²) in [5.41, 5.74) is 0.0174. The maximum Gasteiger partial charge on any atom is 0.320 e. The van der Waals surface area contributed by atoms with Crippen LogP contribution in [0.2, 0.25) is 5.02 Å². The van der Waals surface area contributed by atoms with Crippen molar-refractivity contribution in [3.8, 4) is 5.75 Å². The second-order valence-electron chi connectivity index (χ2n) is 9.04. The Hall–Kier alpha value is -2.97. The number of Topliss-reactive ketones (excluding diaryl/α,β-unsaturated/α-hetero) is 1. The lowest BCUT2D eigenvalue weighted by molar-refractivity contribution is -0.164. The fourth-order valence-corrected chi connectivity index (χ4v) is 3.89. The molecule has 0 bridgehead atoms. The number of hydrogen-bond acceptors (Lipinski definition) is 6. The van der Waals surface area contributed by atoms with E-state index in [1.54, 1.807) is 32.0 Å². The van der Waals surface area contributed by atoms with Crippen molar-refractivity contribution in [3.05, 3.63) is 63.9 Å². The molecule has 2 aromatic rings. The minimum Gasteiger partial charge on any atom is -0.484 e. The van der Waals surface area contributed by atoms with Crippen LogP contribution in [0.5, 0.6) is 5.75 Å². The summed E-state index contributed by atoms with van der Waals surface area (Å²) < 4.78 is 25.5. The van der Waals surface area contributed by atoms with E-state index < -0.39 is 35.4 Å². The molecule has 2 aromatic carbocycles. The molecule has 0 saturated heterocycles. The third kappa shape index (κ3) is 5.74. The van der Waals surface area contributed by atoms with Crippen LogP contribution in [0.15, 0.2) is 36.4 Å². The molecule has 0 aromatic heterocycles. The average Bonchev–Trinajstić information content (AvgIpc) is 2.75. The van der Waals surface area contributed by atoms with Gasteiger partial charge in [-0.25, -0.2) is 4.39 Å². The summed E-state index contributed by atoms with van der Waals surface area (Å²) in [4.78, 5) is 37.7. The quantitative estimate of drug-likeness (QED) is 0.445. The molecule has 1 heterocycles. The van der Waals surface area contributed by atoms with Crippen LogP contribution in [0, 0.1) is 5.82 Å². The highest BCUT2D eigenvalue weighted by Crippen LogP contribution is 2.42. The number of benzene rings is 2. The van der Waals surface area contributed by atoms with Gasteiger partial charge < -0.3 is 20.1 Å². The number of carbonyl (C=O) groups is 3. The molecule has 0 radical (unpaired) electrons. The first-order valence-corrected chi connectivity index (χ1v) is 11.3. The summed E-state index contributed by atoms with van der Waals surface area (Å²) in [6, 6.07) is 7.75. The van der Waals surface area contributed by atoms with Crippen molar-refractivity contribution in [2.45, 2.75) is 58.4 Å². The normalized spacial score (nSPS) is 18.6. The van der Waals surface area contributed by atoms with Crippen molar-refractivity contribution < 1.29 is 28.2 Å². The van der Waals surface area contributed by atoms with Gasteiger partial charge >= 0.3 is 5.97 Å². The lowest BCUT2D eigenvalue weighted by Gasteiger charge is -2.44. The van der Waals surface area contributed by atoms with Crippen molar-refractivity contribution in [1.82, 2.24) is 10.6 Å². The standard InChI is InChI=1S/C25H28ClFN2O5/c1-13(2)28-12-21(31)33-23-22(29-24(32)16-6-8-19(27)18(26)11-16)17-10-15(14(3)30)7-9-20(17)34-25(23,4)5/h6-11,13,22-23,28H,12H2,1-5H3,(H,29,32). The Kier molecular flexibility index (Phi) is 7.63. The molecule has 2 unspecified atom stereocenters. The number of ketones is 1. The van der Waals surface area contributed by atoms with E-state index >= 15 is 0 Å². The number of hydrogen-bond donors (Lipinski definition) is 2. The zero-order valence-corrected chi connectivity index (χ0v) is 20.5. The topological polar surface area (TPSA) is 93.7 Å². The predicted octanol–water partition coefficient (Wildman–Crippen LogP) is 4.23. The minimum absolute atomic E-state index is 0.0289. The van der Waals surface area contributed by atoms with Gasteiger partial charge in [-0.05, 0) is 57.2 Å². The first-order chi connectivity index (χ1) is 15.9. The molecule has 3 rings (SSSR count). The number of esters is 1. The monoisotopic (exact) mass is 490 g/mol. The highest BCUT2D eigenvalue weighted by atomic mass is 35.5. The van der Waals surface area contributed by atoms with Gasteiger partial charge in [0.2, 0.25) is 0 Å². The van der Waals surface area contributed by atoms with Crippen molar-refractivity contribution in [3.63, 3.8) is 0 Å². The molecule has 2 N–H and O–H groups in total. The van der Waals surface area contributed by atoms with E-state index in [0.717, 1.165) is 6.07 Å². The van der Waals surface area contributed by atoms with E-state index in [1.165, 1.54) is 19.1 Å². The molecule has 0 spiro atoms. The lowest BCUT2D eigenvalue weighted by Crippen LogP contribution is -2.56. The Morgan fingerprint density at radius 1 is 1.15 bits per heavy atom. The predicted molar refractivity (Wildman–Crippen MR) is 126 cm³/mol. The molecule has 182 valence electrons. The highest BCUT2D eigenvalue weighted by molar-refractivity contribution is 6.31. The molecule has 34 heavy (non-hydrogen) atoms. The molecule has 7 nitrogen and oxygen atoms in total. The van der Waals surface area contributed by atoms with Gasteiger partial charge in [-0.3, -0.25) is 14.4 Å². The van der Waals surface area contributed by atoms with E-state index in [2.05, 4.69) is 10.6 Å². The Balaban J connectivity index is 2.01. The van der Waals surface area contributed by atoms with Gasteiger partial charge in [0.15, 0.2) is 11.9 Å². The van der Waals surface area contributed by atoms with Crippen molar-refractivity contribution in [2.24, 2.45) is 0 Å². The number of halogens is 2. The number of ether oxygens (including phenoxy) is 2. The van der Waals surface area contributed by atoms with Crippen LogP contribution in [0.25, 0.3) is 0 Å². The van der Waals surface area contributed by atoms with E-state index in [-0.39, 0.29) is 29.0 Å². The number of fused-ring (bicyclic) bond motifs is 1. The number of carbonyl (C=O) groups excluding carboxylic acids is 3. The van der Waals surface area contributed by atoms with Gasteiger partial charge in [0.1, 0.15) is 17.2 Å². The molecule has 0 aliphatic carbocycles. The number of amides is 1. The summed E-state index contributed by atoms with van der Waals surface area (Å²) >= 11 is 5.85. The zero-order chi connectivity index (χ0) is 25.2. The van der Waals surface area contributed by atoms with Crippen LogP contribution in [0.1, 0.15) is 66.9 Å². The second-order valence-corrected chi connectivity index (χ2v) is 9.45. The molecule has 1 aliphatic rings. The van der Waals surface area contributed by atoms with E-state index in [0.29, 0.717) is 16.9 Å². The summed E-state index contributed by atoms with van der Waals surface area (Å²) in [5.74, 6) is -1.44. The minimum atomic E-state index is -1.02. The molecule has 0 fully saturated rings. The summed E-state index contributed by atoms with van der Waals surface area (Å²) in [5, 5.41) is 5.68. The van der Waals surface area contributed by atoms with Gasteiger partial charge in [-0.15, -0.1) is 0 Å². The van der Waals surface area contributed by atoms with Crippen LogP contribution in [-0.2, 0) is 9.53 Å². The maximum atomic E-state index is 13.6. The third-order valence-electron chi connectivity index (χ3n) is 5.49. The van der Waals surface area contributed by atoms with E-state index in [1.807, 2.05) is 13.8 Å². The third-order valence-corrected chi connectivity index (χ3v) is 5.78. The van der Waals surface area contributed by atoms with Crippen LogP contribution in [0.3, 0.4) is 0 Å². The molecule has 2 atom stereocenters. The van der Waals surface area contributed by atoms with Gasteiger partial charge in [-0.1, -0.05) is 25.4 Å². The van der Waals surface area contributed by atoms with Crippen molar-refractivity contribution in [2.75, 3.05) is 6.54 Å². The molecule has 9 heteroatoms. The molecular formula is C25H28ClFN2O5. The fourth-order valence-electron chi connectivity index (χ4n) is 3.71. The van der Waals surface area contributed by atoms with Gasteiger partial charge in [0.05, 0.1) is 17.6 Å². The smallest absolute Gasteiger partial charge is 0.320 e. The SMILES string of the molecule is CC(=O)c1ccc2c(c1)C(NC(=O)c1ccc(F)c(Cl)c1)C(OC(=O)CNC(C)C)C(C)(C)O2. The summed E-state index contributed by atoms with van der Waals surface area (Å²) in [6.45, 7) is 8.69. The molecule has 1 amide bonds. The number of rotatable bonds is 7. The summed E-state index contributed by atoms with van der Waals surface area (Å²) in [6.07, 6.45) is -0.927. The van der Waals surface area contributed by atoms with Crippen LogP contribution in [0.4, 0.5) is 4.39 Å². The fraction of sp³-hybridized carbons (Fsp3) is 0.400. The van der Waals surface area contributed by atoms with Gasteiger partial charge in [0, 0.05) is 22.7 Å². The first kappa shape index (κ1) is 25.6. The van der Waals surface area contributed by atoms with Crippen molar-refractivity contribution in [1.29, 1.82) is 0 Å². The van der Waals surface area contributed by atoms with Crippen LogP contribution in [-0.4, -0.2) is 42.0 Å². The average molecular weight is 491 g/mol. The van der Waals surface area contributed by atoms with Crippen LogP contribution >= 0.6 is 11.6 Å². The zero-order valence-electron chi connectivity index (χ0n) is 19.7. The second kappa shape index (κ2) is 10.1. The first-order valence-electron chi connectivity index (χ1n) is 10.9.